The number of anilines is 1. The number of likely N-dealkylation sites (tertiary alicyclic amines) is 1. The molecule has 2 atom stereocenters. The van der Waals surface area contributed by atoms with Crippen molar-refractivity contribution < 1.29 is 22.4 Å². The fourth-order valence-corrected chi connectivity index (χ4v) is 4.06. The highest BCUT2D eigenvalue weighted by molar-refractivity contribution is 6.01. The van der Waals surface area contributed by atoms with Crippen LogP contribution in [0, 0.1) is 17.8 Å². The number of piperidine rings is 1. The number of amides is 1. The van der Waals surface area contributed by atoms with Crippen LogP contribution in [0.15, 0.2) is 36.9 Å². The van der Waals surface area contributed by atoms with Crippen molar-refractivity contribution in [2.24, 2.45) is 5.92 Å². The minimum atomic E-state index is -4.67. The summed E-state index contributed by atoms with van der Waals surface area (Å²) in [5.74, 6) is 5.29. The summed E-state index contributed by atoms with van der Waals surface area (Å²) in [5, 5.41) is 6.58. The number of fused-ring (bicyclic) bond motifs is 1. The lowest BCUT2D eigenvalue weighted by Crippen LogP contribution is -2.46. The first-order chi connectivity index (χ1) is 17.1. The number of carbonyl (C=O) groups excluding carboxylic acids is 1. The summed E-state index contributed by atoms with van der Waals surface area (Å²) in [7, 11) is 1.85. The van der Waals surface area contributed by atoms with E-state index in [1.807, 2.05) is 11.9 Å². The fraction of sp³-hybridized carbons (Fsp3) is 0.407. The second-order valence-electron chi connectivity index (χ2n) is 9.25. The topological polar surface area (TPSA) is 57.3 Å². The zero-order valence-corrected chi connectivity index (χ0v) is 20.0. The molecule has 36 heavy (non-hydrogen) atoms. The Bertz CT molecular complexity index is 1240. The molecule has 0 unspecified atom stereocenters. The third-order valence-corrected chi connectivity index (χ3v) is 6.24. The zero-order valence-electron chi connectivity index (χ0n) is 20.0. The van der Waals surface area contributed by atoms with E-state index in [0.717, 1.165) is 12.8 Å². The number of nitrogens with zero attached hydrogens (tertiary/aromatic N) is 2. The van der Waals surface area contributed by atoms with Crippen LogP contribution in [0.4, 0.5) is 23.2 Å². The molecule has 2 aliphatic rings. The largest absolute Gasteiger partial charge is 0.417 e. The first-order valence-corrected chi connectivity index (χ1v) is 11.9. The second kappa shape index (κ2) is 10.7. The molecule has 1 aliphatic heterocycles. The summed E-state index contributed by atoms with van der Waals surface area (Å²) in [4.78, 5) is 17.9. The van der Waals surface area contributed by atoms with Gasteiger partial charge in [0.15, 0.2) is 0 Å². The van der Waals surface area contributed by atoms with Gasteiger partial charge in [-0.3, -0.25) is 4.79 Å². The molecule has 1 aromatic heterocycles. The monoisotopic (exact) mass is 500 g/mol. The SMILES string of the molecule is C=C(c1nc(/C=C/CNC(=O)C#CC2CC2)cc2c(N[C@@H]3CCN(C)C[C@@H]3F)cccc12)C(F)(F)F. The van der Waals surface area contributed by atoms with Crippen molar-refractivity contribution >= 4 is 34.0 Å². The number of allylic oxidation sites excluding steroid dienone is 1. The van der Waals surface area contributed by atoms with Crippen LogP contribution >= 0.6 is 0 Å². The van der Waals surface area contributed by atoms with Crippen molar-refractivity contribution in [1.29, 1.82) is 0 Å². The Labute approximate surface area is 207 Å². The van der Waals surface area contributed by atoms with Gasteiger partial charge < -0.3 is 15.5 Å². The lowest BCUT2D eigenvalue weighted by atomic mass is 9.99. The Kier molecular flexibility index (Phi) is 7.65. The van der Waals surface area contributed by atoms with E-state index < -0.39 is 29.9 Å². The number of rotatable bonds is 6. The van der Waals surface area contributed by atoms with E-state index in [-0.39, 0.29) is 29.9 Å². The van der Waals surface area contributed by atoms with E-state index in [1.54, 1.807) is 30.3 Å². The minimum Gasteiger partial charge on any atom is -0.379 e. The molecule has 2 heterocycles. The summed E-state index contributed by atoms with van der Waals surface area (Å²) < 4.78 is 55.5. The molecule has 4 rings (SSSR count). The predicted octanol–water partition coefficient (Wildman–Crippen LogP) is 4.81. The normalized spacial score (nSPS) is 20.7. The highest BCUT2D eigenvalue weighted by atomic mass is 19.4. The highest BCUT2D eigenvalue weighted by Gasteiger charge is 2.35. The van der Waals surface area contributed by atoms with Crippen molar-refractivity contribution in [3.8, 4) is 11.8 Å². The van der Waals surface area contributed by atoms with E-state index in [2.05, 4.69) is 34.0 Å². The Morgan fingerprint density at radius 1 is 1.28 bits per heavy atom. The van der Waals surface area contributed by atoms with Crippen LogP contribution in [0.1, 0.15) is 30.7 Å². The van der Waals surface area contributed by atoms with Gasteiger partial charge in [0, 0.05) is 42.0 Å². The average molecular weight is 501 g/mol. The first kappa shape index (κ1) is 25.7. The molecule has 0 spiro atoms. The van der Waals surface area contributed by atoms with Crippen LogP contribution in [-0.4, -0.2) is 60.9 Å². The molecule has 1 saturated heterocycles. The van der Waals surface area contributed by atoms with Crippen molar-refractivity contribution in [2.45, 2.75) is 37.7 Å². The van der Waals surface area contributed by atoms with E-state index in [0.29, 0.717) is 30.0 Å². The number of nitrogens with one attached hydrogen (secondary N) is 2. The van der Waals surface area contributed by atoms with Crippen molar-refractivity contribution in [3.63, 3.8) is 0 Å². The number of hydrogen-bond donors (Lipinski definition) is 2. The molecule has 1 aliphatic carbocycles. The predicted molar refractivity (Wildman–Crippen MR) is 134 cm³/mol. The average Bonchev–Trinajstić information content (AvgIpc) is 3.65. The second-order valence-corrected chi connectivity index (χ2v) is 9.25. The Morgan fingerprint density at radius 3 is 2.75 bits per heavy atom. The molecule has 2 fully saturated rings. The lowest BCUT2D eigenvalue weighted by Gasteiger charge is -2.33. The van der Waals surface area contributed by atoms with E-state index in [4.69, 9.17) is 0 Å². The standard InChI is InChI=1S/C27H28F4N4O/c1-17(27(29,30)31)26-20-6-3-7-23(34-24-12-14-35(2)16-22(24)28)21(20)15-19(33-26)5-4-13-32-25(36)11-10-18-8-9-18/h3-7,15,18,22,24,34H,1,8-9,12-14,16H2,2H3,(H,32,36)/b5-4+/t22-,24+/m0/s1. The Hall–Kier alpha value is -3.38. The van der Waals surface area contributed by atoms with E-state index in [9.17, 15) is 22.4 Å². The molecular formula is C27H28F4N4O. The quantitative estimate of drug-likeness (QED) is 0.442. The minimum absolute atomic E-state index is 0.145. The molecule has 0 radical (unpaired) electrons. The molecule has 5 nitrogen and oxygen atoms in total. The maximum atomic E-state index is 14.7. The number of carbonyl (C=O) groups is 1. The third-order valence-electron chi connectivity index (χ3n) is 6.24. The van der Waals surface area contributed by atoms with E-state index in [1.165, 1.54) is 6.08 Å². The van der Waals surface area contributed by atoms with Gasteiger partial charge in [0.1, 0.15) is 6.17 Å². The lowest BCUT2D eigenvalue weighted by molar-refractivity contribution is -0.115. The molecule has 2 N–H and O–H groups in total. The third kappa shape index (κ3) is 6.43. The maximum absolute atomic E-state index is 14.7. The van der Waals surface area contributed by atoms with Crippen LogP contribution in [0.3, 0.4) is 0 Å². The van der Waals surface area contributed by atoms with Gasteiger partial charge in [-0.2, -0.15) is 13.2 Å². The number of hydrogen-bond acceptors (Lipinski definition) is 4. The zero-order chi connectivity index (χ0) is 25.9. The van der Waals surface area contributed by atoms with Crippen molar-refractivity contribution in [3.05, 3.63) is 48.3 Å². The number of benzene rings is 1. The molecule has 2 aromatic rings. The van der Waals surface area contributed by atoms with Gasteiger partial charge in [0.25, 0.3) is 5.91 Å². The summed E-state index contributed by atoms with van der Waals surface area (Å²) in [6.45, 7) is 4.38. The number of aromatic nitrogens is 1. The summed E-state index contributed by atoms with van der Waals surface area (Å²) in [6.07, 6.45) is -0.0625. The van der Waals surface area contributed by atoms with Gasteiger partial charge >= 0.3 is 6.18 Å². The van der Waals surface area contributed by atoms with Gasteiger partial charge in [-0.15, -0.1) is 0 Å². The number of halogens is 4. The van der Waals surface area contributed by atoms with Crippen LogP contribution in [0.5, 0.6) is 0 Å². The fourth-order valence-electron chi connectivity index (χ4n) is 4.06. The van der Waals surface area contributed by atoms with Crippen LogP contribution < -0.4 is 10.6 Å². The molecular weight excluding hydrogens is 472 g/mol. The summed E-state index contributed by atoms with van der Waals surface area (Å²) >= 11 is 0. The molecule has 1 saturated carbocycles. The summed E-state index contributed by atoms with van der Waals surface area (Å²) in [6, 6.07) is 6.08. The molecule has 1 aromatic carbocycles. The van der Waals surface area contributed by atoms with Crippen LogP contribution in [0.25, 0.3) is 22.4 Å². The van der Waals surface area contributed by atoms with E-state index >= 15 is 0 Å². The first-order valence-electron chi connectivity index (χ1n) is 11.9. The van der Waals surface area contributed by atoms with Crippen LogP contribution in [0.2, 0.25) is 0 Å². The van der Waals surface area contributed by atoms with Gasteiger partial charge in [-0.1, -0.05) is 30.7 Å². The Morgan fingerprint density at radius 2 is 2.06 bits per heavy atom. The molecule has 1 amide bonds. The van der Waals surface area contributed by atoms with Gasteiger partial charge in [0.2, 0.25) is 0 Å². The molecule has 0 bridgehead atoms. The number of pyridine rings is 1. The van der Waals surface area contributed by atoms with Gasteiger partial charge in [-0.05, 0) is 50.4 Å². The summed E-state index contributed by atoms with van der Waals surface area (Å²) in [5.41, 5.74) is -0.564. The molecule has 190 valence electrons. The maximum Gasteiger partial charge on any atom is 0.417 e. The highest BCUT2D eigenvalue weighted by Crippen LogP contribution is 2.37. The van der Waals surface area contributed by atoms with Crippen LogP contribution in [-0.2, 0) is 4.79 Å². The smallest absolute Gasteiger partial charge is 0.379 e. The van der Waals surface area contributed by atoms with Crippen molar-refractivity contribution in [1.82, 2.24) is 15.2 Å². The molecule has 9 heteroatoms. The van der Waals surface area contributed by atoms with Gasteiger partial charge in [0.05, 0.1) is 23.0 Å². The Balaban J connectivity index is 1.62. The number of alkyl halides is 4. The van der Waals surface area contributed by atoms with Crippen molar-refractivity contribution in [2.75, 3.05) is 32.0 Å². The van der Waals surface area contributed by atoms with Gasteiger partial charge in [-0.25, -0.2) is 9.37 Å².